The standard InChI is InChI=1S/C18H12BrN3OS.C18H12ClN3OS.C18H12FN3OS/c19-12-4-1-3-11(9-12)18(23)20-13-6-7-14-15(10-13)22-17(21-14)16-5-2-8-24-16;2*19-13-5-2-1-4-12(13)18(23)20-11-7-8-14-15(10-11)22-17(21-14)16-6-3-9-24-16/h3*1-10H,(H,20,23)(H,21,22). The van der Waals surface area contributed by atoms with Crippen LogP contribution in [0.15, 0.2) is 184 Å². The minimum Gasteiger partial charge on any atom is -0.337 e. The van der Waals surface area contributed by atoms with Crippen molar-refractivity contribution in [3.05, 3.63) is 212 Å². The summed E-state index contributed by atoms with van der Waals surface area (Å²) in [7, 11) is 0. The van der Waals surface area contributed by atoms with Crippen LogP contribution in [0, 0.1) is 5.82 Å². The lowest BCUT2D eigenvalue weighted by Gasteiger charge is -2.06. The molecule has 72 heavy (non-hydrogen) atoms. The first-order valence-electron chi connectivity index (χ1n) is 21.9. The van der Waals surface area contributed by atoms with E-state index in [9.17, 15) is 18.8 Å². The quantitative estimate of drug-likeness (QED) is 0.0839. The number of anilines is 3. The van der Waals surface area contributed by atoms with E-state index in [1.807, 2.05) is 107 Å². The largest absolute Gasteiger partial charge is 0.337 e. The molecular formula is C54H36BrClFN9O3S3. The average molecular weight is 1090 g/mol. The second-order valence-electron chi connectivity index (χ2n) is 15.7. The maximum atomic E-state index is 13.7. The number of aromatic nitrogens is 6. The lowest BCUT2D eigenvalue weighted by atomic mass is 10.2. The Kier molecular flexibility index (Phi) is 14.2. The molecule has 0 saturated carbocycles. The van der Waals surface area contributed by atoms with Gasteiger partial charge in [-0.05, 0) is 131 Å². The Balaban J connectivity index is 0.000000124. The Morgan fingerprint density at radius 3 is 1.33 bits per heavy atom. The van der Waals surface area contributed by atoms with Crippen LogP contribution >= 0.6 is 61.5 Å². The molecule has 0 aliphatic heterocycles. The summed E-state index contributed by atoms with van der Waals surface area (Å²) < 4.78 is 14.6. The zero-order chi connectivity index (χ0) is 49.6. The molecule has 0 aliphatic carbocycles. The monoisotopic (exact) mass is 1090 g/mol. The van der Waals surface area contributed by atoms with E-state index >= 15 is 0 Å². The Hall–Kier alpha value is -8.06. The molecule has 354 valence electrons. The van der Waals surface area contributed by atoms with Crippen molar-refractivity contribution in [2.75, 3.05) is 16.0 Å². The number of nitrogens with zero attached hydrogens (tertiary/aromatic N) is 3. The predicted molar refractivity (Wildman–Crippen MR) is 294 cm³/mol. The number of aromatic amines is 3. The minimum absolute atomic E-state index is 0.0153. The fraction of sp³-hybridized carbons (Fsp3) is 0. The summed E-state index contributed by atoms with van der Waals surface area (Å²) in [4.78, 5) is 63.6. The maximum absolute atomic E-state index is 13.7. The van der Waals surface area contributed by atoms with E-state index in [1.54, 1.807) is 94.7 Å². The highest BCUT2D eigenvalue weighted by molar-refractivity contribution is 9.10. The molecule has 0 radical (unpaired) electrons. The zero-order valence-electron chi connectivity index (χ0n) is 37.2. The lowest BCUT2D eigenvalue weighted by molar-refractivity contribution is 0.101. The summed E-state index contributed by atoms with van der Waals surface area (Å²) in [6.45, 7) is 0. The van der Waals surface area contributed by atoms with E-state index in [0.717, 1.165) is 75.4 Å². The number of benzene rings is 6. The molecule has 0 atom stereocenters. The van der Waals surface area contributed by atoms with Gasteiger partial charge < -0.3 is 30.9 Å². The number of halogens is 3. The molecule has 6 aromatic heterocycles. The first-order chi connectivity index (χ1) is 35.1. The molecule has 12 rings (SSSR count). The number of carbonyl (C=O) groups excluding carboxylic acids is 3. The first-order valence-corrected chi connectivity index (χ1v) is 25.7. The van der Waals surface area contributed by atoms with Crippen molar-refractivity contribution in [2.45, 2.75) is 0 Å². The van der Waals surface area contributed by atoms with Crippen LogP contribution in [0.2, 0.25) is 5.02 Å². The van der Waals surface area contributed by atoms with E-state index < -0.39 is 11.7 Å². The van der Waals surface area contributed by atoms with Crippen LogP contribution in [0.1, 0.15) is 31.1 Å². The van der Waals surface area contributed by atoms with E-state index in [1.165, 1.54) is 12.1 Å². The fourth-order valence-electron chi connectivity index (χ4n) is 7.37. The number of hydrogen-bond donors (Lipinski definition) is 6. The number of H-pyrrole nitrogens is 3. The number of imidazole rings is 3. The number of nitrogens with one attached hydrogen (secondary N) is 6. The SMILES string of the molecule is O=C(Nc1ccc2nc(-c3cccs3)[nH]c2c1)c1cccc(Br)c1.O=C(Nc1ccc2nc(-c3cccs3)[nH]c2c1)c1ccccc1Cl.O=C(Nc1ccc2nc(-c3cccs3)[nH]c2c1)c1ccccc1F. The van der Waals surface area contributed by atoms with Crippen LogP contribution < -0.4 is 16.0 Å². The van der Waals surface area contributed by atoms with Crippen molar-refractivity contribution in [3.63, 3.8) is 0 Å². The molecule has 6 N–H and O–H groups in total. The van der Waals surface area contributed by atoms with E-state index in [0.29, 0.717) is 27.5 Å². The summed E-state index contributed by atoms with van der Waals surface area (Å²) in [6.07, 6.45) is 0. The lowest BCUT2D eigenvalue weighted by Crippen LogP contribution is -2.13. The first kappa shape index (κ1) is 47.6. The highest BCUT2D eigenvalue weighted by Crippen LogP contribution is 2.30. The highest BCUT2D eigenvalue weighted by atomic mass is 79.9. The molecule has 18 heteroatoms. The summed E-state index contributed by atoms with van der Waals surface area (Å²) in [5, 5.41) is 14.9. The summed E-state index contributed by atoms with van der Waals surface area (Å²) in [6, 6.07) is 48.7. The van der Waals surface area contributed by atoms with Gasteiger partial charge in [0, 0.05) is 27.1 Å². The summed E-state index contributed by atoms with van der Waals surface area (Å²) in [5.41, 5.74) is 8.18. The second-order valence-corrected chi connectivity index (χ2v) is 19.9. The second kappa shape index (κ2) is 21.5. The van der Waals surface area contributed by atoms with Crippen molar-refractivity contribution in [1.29, 1.82) is 0 Å². The van der Waals surface area contributed by atoms with Gasteiger partial charge in [0.2, 0.25) is 0 Å². The fourth-order valence-corrected chi connectivity index (χ4v) is 10.0. The normalized spacial score (nSPS) is 10.9. The number of amides is 3. The van der Waals surface area contributed by atoms with Gasteiger partial charge in [-0.2, -0.15) is 0 Å². The average Bonchev–Trinajstić information content (AvgIpc) is 4.24. The molecule has 0 bridgehead atoms. The van der Waals surface area contributed by atoms with Crippen LogP contribution in [0.5, 0.6) is 0 Å². The number of fused-ring (bicyclic) bond motifs is 3. The third kappa shape index (κ3) is 11.1. The molecule has 0 saturated heterocycles. The van der Waals surface area contributed by atoms with Gasteiger partial charge in [0.05, 0.1) is 63.9 Å². The highest BCUT2D eigenvalue weighted by Gasteiger charge is 2.15. The summed E-state index contributed by atoms with van der Waals surface area (Å²) in [5.74, 6) is 1.05. The number of thiophene rings is 3. The van der Waals surface area contributed by atoms with Crippen molar-refractivity contribution >= 4 is 129 Å². The third-order valence-corrected chi connectivity index (χ3v) is 14.3. The van der Waals surface area contributed by atoms with Crippen LogP contribution in [0.25, 0.3) is 65.2 Å². The Morgan fingerprint density at radius 2 is 0.903 bits per heavy atom. The summed E-state index contributed by atoms with van der Waals surface area (Å²) >= 11 is 14.3. The van der Waals surface area contributed by atoms with Gasteiger partial charge in [0.1, 0.15) is 23.3 Å². The Labute approximate surface area is 435 Å². The molecule has 12 aromatic rings. The topological polar surface area (TPSA) is 173 Å². The van der Waals surface area contributed by atoms with Gasteiger partial charge in [-0.3, -0.25) is 14.4 Å². The molecular weight excluding hydrogens is 1050 g/mol. The molecule has 6 heterocycles. The number of hydrogen-bond acceptors (Lipinski definition) is 9. The molecule has 12 nitrogen and oxygen atoms in total. The number of rotatable bonds is 9. The van der Waals surface area contributed by atoms with Crippen LogP contribution in [0.4, 0.5) is 21.5 Å². The molecule has 0 aliphatic rings. The van der Waals surface area contributed by atoms with Crippen molar-refractivity contribution in [2.24, 2.45) is 0 Å². The van der Waals surface area contributed by atoms with Gasteiger partial charge in [-0.15, -0.1) is 34.0 Å². The van der Waals surface area contributed by atoms with E-state index in [2.05, 4.69) is 61.8 Å². The van der Waals surface area contributed by atoms with Gasteiger partial charge >= 0.3 is 0 Å². The van der Waals surface area contributed by atoms with E-state index in [-0.39, 0.29) is 17.4 Å². The molecule has 0 fully saturated rings. The van der Waals surface area contributed by atoms with Crippen LogP contribution in [-0.4, -0.2) is 47.6 Å². The third-order valence-electron chi connectivity index (χ3n) is 10.8. The Morgan fingerprint density at radius 1 is 0.472 bits per heavy atom. The van der Waals surface area contributed by atoms with Gasteiger partial charge in [0.15, 0.2) is 0 Å². The van der Waals surface area contributed by atoms with Crippen LogP contribution in [-0.2, 0) is 0 Å². The van der Waals surface area contributed by atoms with Crippen molar-refractivity contribution in [3.8, 4) is 32.1 Å². The smallest absolute Gasteiger partial charge is 0.258 e. The predicted octanol–water partition coefficient (Wildman–Crippen LogP) is 15.2. The van der Waals surface area contributed by atoms with Gasteiger partial charge in [0.25, 0.3) is 17.7 Å². The van der Waals surface area contributed by atoms with Crippen LogP contribution in [0.3, 0.4) is 0 Å². The molecule has 6 aromatic carbocycles. The van der Waals surface area contributed by atoms with E-state index in [4.69, 9.17) is 11.6 Å². The zero-order valence-corrected chi connectivity index (χ0v) is 42.0. The molecule has 0 unspecified atom stereocenters. The maximum Gasteiger partial charge on any atom is 0.258 e. The minimum atomic E-state index is -0.544. The van der Waals surface area contributed by atoms with Gasteiger partial charge in [-0.25, -0.2) is 19.3 Å². The van der Waals surface area contributed by atoms with Crippen molar-refractivity contribution < 1.29 is 18.8 Å². The number of carbonyl (C=O) groups is 3. The molecule has 3 amide bonds. The van der Waals surface area contributed by atoms with Gasteiger partial charge in [-0.1, -0.05) is 76.1 Å². The van der Waals surface area contributed by atoms with Crippen molar-refractivity contribution in [1.82, 2.24) is 29.9 Å². The Bertz CT molecular complexity index is 3710. The molecule has 0 spiro atoms.